The van der Waals surface area contributed by atoms with Crippen molar-refractivity contribution in [2.75, 3.05) is 0 Å². The lowest BCUT2D eigenvalue weighted by atomic mass is 10.2. The summed E-state index contributed by atoms with van der Waals surface area (Å²) in [6, 6.07) is 12.3. The maximum atomic E-state index is 4.19. The number of para-hydroxylation sites is 1. The molecule has 17 heavy (non-hydrogen) atoms. The molecular weight excluding hydrogens is 230 g/mol. The lowest BCUT2D eigenvalue weighted by Gasteiger charge is -2.05. The first-order chi connectivity index (χ1) is 8.43. The van der Waals surface area contributed by atoms with Gasteiger partial charge in [-0.15, -0.1) is 10.2 Å². The Labute approximate surface area is 103 Å². The summed E-state index contributed by atoms with van der Waals surface area (Å²) in [5.74, 6) is 0.967. The average molecular weight is 241 g/mol. The molecule has 3 nitrogen and oxygen atoms in total. The molecule has 2 aromatic heterocycles. The summed E-state index contributed by atoms with van der Waals surface area (Å²) in [6.07, 6.45) is 2.58. The van der Waals surface area contributed by atoms with Crippen molar-refractivity contribution in [2.24, 2.45) is 0 Å². The zero-order valence-electron chi connectivity index (χ0n) is 9.15. The second-order valence-corrected chi connectivity index (χ2v) is 4.54. The van der Waals surface area contributed by atoms with Gasteiger partial charge in [0, 0.05) is 12.1 Å². The van der Waals surface area contributed by atoms with Crippen molar-refractivity contribution in [3.8, 4) is 5.69 Å². The average Bonchev–Trinajstić information content (AvgIpc) is 3.02. The summed E-state index contributed by atoms with van der Waals surface area (Å²) >= 11 is 1.71. The molecule has 0 saturated carbocycles. The van der Waals surface area contributed by atoms with Crippen LogP contribution in [0.5, 0.6) is 0 Å². The first-order valence-corrected chi connectivity index (χ1v) is 6.33. The Bertz CT molecular complexity index is 584. The summed E-state index contributed by atoms with van der Waals surface area (Å²) in [5, 5.41) is 12.4. The molecule has 3 aromatic rings. The van der Waals surface area contributed by atoms with Crippen molar-refractivity contribution in [3.63, 3.8) is 0 Å². The van der Waals surface area contributed by atoms with Crippen LogP contribution in [0.25, 0.3) is 5.69 Å². The fourth-order valence-corrected chi connectivity index (χ4v) is 2.43. The van der Waals surface area contributed by atoms with E-state index in [1.54, 1.807) is 17.7 Å². The summed E-state index contributed by atoms with van der Waals surface area (Å²) in [5.41, 5.74) is 2.38. The maximum absolute atomic E-state index is 4.19. The Hall–Kier alpha value is -1.94. The zero-order valence-corrected chi connectivity index (χ0v) is 9.97. The van der Waals surface area contributed by atoms with Crippen LogP contribution in [0.15, 0.2) is 53.5 Å². The molecule has 0 N–H and O–H groups in total. The first kappa shape index (κ1) is 10.2. The lowest BCUT2D eigenvalue weighted by Crippen LogP contribution is -2.00. The van der Waals surface area contributed by atoms with Gasteiger partial charge in [-0.05, 0) is 34.5 Å². The van der Waals surface area contributed by atoms with Gasteiger partial charge in [-0.3, -0.25) is 4.57 Å². The maximum Gasteiger partial charge on any atom is 0.141 e. The summed E-state index contributed by atoms with van der Waals surface area (Å²) < 4.78 is 2.03. The van der Waals surface area contributed by atoms with E-state index in [2.05, 4.69) is 39.2 Å². The fourth-order valence-electron chi connectivity index (χ4n) is 1.76. The number of rotatable bonds is 3. The summed E-state index contributed by atoms with van der Waals surface area (Å²) in [4.78, 5) is 0. The number of benzene rings is 1. The standard InChI is InChI=1S/C13H11N3S/c1-2-4-12(5-3-1)16-10-14-15-13(16)8-11-6-7-17-9-11/h1-7,9-10H,8H2. The molecule has 0 amide bonds. The predicted octanol–water partition coefficient (Wildman–Crippen LogP) is 2.92. The van der Waals surface area contributed by atoms with Gasteiger partial charge >= 0.3 is 0 Å². The Kier molecular flexibility index (Phi) is 2.71. The SMILES string of the molecule is c1ccc(-n2cnnc2Cc2ccsc2)cc1. The van der Waals surface area contributed by atoms with E-state index in [9.17, 15) is 0 Å². The quantitative estimate of drug-likeness (QED) is 0.706. The Morgan fingerprint density at radius 3 is 2.76 bits per heavy atom. The van der Waals surface area contributed by atoms with Gasteiger partial charge in [0.25, 0.3) is 0 Å². The molecule has 3 rings (SSSR count). The predicted molar refractivity (Wildman–Crippen MR) is 68.5 cm³/mol. The van der Waals surface area contributed by atoms with E-state index in [-0.39, 0.29) is 0 Å². The molecule has 0 aliphatic rings. The van der Waals surface area contributed by atoms with Gasteiger partial charge in [-0.25, -0.2) is 0 Å². The molecule has 0 bridgehead atoms. The van der Waals surface area contributed by atoms with Crippen molar-refractivity contribution >= 4 is 11.3 Å². The second kappa shape index (κ2) is 4.51. The highest BCUT2D eigenvalue weighted by Crippen LogP contribution is 2.14. The normalized spacial score (nSPS) is 10.6. The molecule has 0 atom stereocenters. The minimum atomic E-state index is 0.818. The fraction of sp³-hybridized carbons (Fsp3) is 0.0769. The molecule has 0 aliphatic carbocycles. The van der Waals surface area contributed by atoms with Crippen LogP contribution in [0.2, 0.25) is 0 Å². The highest BCUT2D eigenvalue weighted by atomic mass is 32.1. The molecule has 0 saturated heterocycles. The second-order valence-electron chi connectivity index (χ2n) is 3.76. The summed E-state index contributed by atoms with van der Waals surface area (Å²) in [6.45, 7) is 0. The van der Waals surface area contributed by atoms with E-state index in [1.165, 1.54) is 5.56 Å². The van der Waals surface area contributed by atoms with Crippen molar-refractivity contribution in [1.82, 2.24) is 14.8 Å². The lowest BCUT2D eigenvalue weighted by molar-refractivity contribution is 0.908. The first-order valence-electron chi connectivity index (χ1n) is 5.39. The van der Waals surface area contributed by atoms with Crippen molar-refractivity contribution in [3.05, 3.63) is 64.9 Å². The van der Waals surface area contributed by atoms with E-state index in [0.717, 1.165) is 17.9 Å². The molecule has 2 heterocycles. The summed E-state index contributed by atoms with van der Waals surface area (Å²) in [7, 11) is 0. The third kappa shape index (κ3) is 2.12. The number of hydrogen-bond acceptors (Lipinski definition) is 3. The van der Waals surface area contributed by atoms with Crippen LogP contribution in [0.1, 0.15) is 11.4 Å². The smallest absolute Gasteiger partial charge is 0.141 e. The van der Waals surface area contributed by atoms with Crippen LogP contribution in [-0.4, -0.2) is 14.8 Å². The monoisotopic (exact) mass is 241 g/mol. The molecule has 1 aromatic carbocycles. The number of nitrogens with zero attached hydrogens (tertiary/aromatic N) is 3. The molecule has 0 radical (unpaired) electrons. The Balaban J connectivity index is 1.95. The third-order valence-electron chi connectivity index (χ3n) is 2.60. The zero-order chi connectivity index (χ0) is 11.5. The highest BCUT2D eigenvalue weighted by Gasteiger charge is 2.06. The Morgan fingerprint density at radius 2 is 2.00 bits per heavy atom. The van der Waals surface area contributed by atoms with Gasteiger partial charge in [0.15, 0.2) is 0 Å². The highest BCUT2D eigenvalue weighted by molar-refractivity contribution is 7.07. The van der Waals surface area contributed by atoms with Crippen LogP contribution in [0.3, 0.4) is 0 Å². The molecule has 0 fully saturated rings. The van der Waals surface area contributed by atoms with E-state index in [4.69, 9.17) is 0 Å². The minimum absolute atomic E-state index is 0.818. The number of aromatic nitrogens is 3. The van der Waals surface area contributed by atoms with Crippen LogP contribution in [0.4, 0.5) is 0 Å². The van der Waals surface area contributed by atoms with E-state index in [1.807, 2.05) is 22.8 Å². The molecule has 0 spiro atoms. The van der Waals surface area contributed by atoms with Crippen molar-refractivity contribution in [1.29, 1.82) is 0 Å². The van der Waals surface area contributed by atoms with Gasteiger partial charge in [-0.1, -0.05) is 18.2 Å². The molecule has 4 heteroatoms. The van der Waals surface area contributed by atoms with Gasteiger partial charge in [0.1, 0.15) is 12.2 Å². The molecular formula is C13H11N3S. The third-order valence-corrected chi connectivity index (χ3v) is 3.33. The van der Waals surface area contributed by atoms with Gasteiger partial charge in [0.2, 0.25) is 0 Å². The van der Waals surface area contributed by atoms with E-state index < -0.39 is 0 Å². The molecule has 84 valence electrons. The van der Waals surface area contributed by atoms with Crippen LogP contribution in [0, 0.1) is 0 Å². The van der Waals surface area contributed by atoms with Crippen LogP contribution in [-0.2, 0) is 6.42 Å². The van der Waals surface area contributed by atoms with Gasteiger partial charge in [0.05, 0.1) is 0 Å². The minimum Gasteiger partial charge on any atom is -0.285 e. The van der Waals surface area contributed by atoms with E-state index in [0.29, 0.717) is 0 Å². The van der Waals surface area contributed by atoms with Crippen LogP contribution >= 0.6 is 11.3 Å². The van der Waals surface area contributed by atoms with Gasteiger partial charge < -0.3 is 0 Å². The number of hydrogen-bond donors (Lipinski definition) is 0. The van der Waals surface area contributed by atoms with Crippen LogP contribution < -0.4 is 0 Å². The topological polar surface area (TPSA) is 30.7 Å². The van der Waals surface area contributed by atoms with Crippen molar-refractivity contribution < 1.29 is 0 Å². The van der Waals surface area contributed by atoms with Crippen molar-refractivity contribution in [2.45, 2.75) is 6.42 Å². The largest absolute Gasteiger partial charge is 0.285 e. The molecule has 0 unspecified atom stereocenters. The van der Waals surface area contributed by atoms with E-state index >= 15 is 0 Å². The van der Waals surface area contributed by atoms with Gasteiger partial charge in [-0.2, -0.15) is 11.3 Å². The molecule has 0 aliphatic heterocycles. The Morgan fingerprint density at radius 1 is 1.12 bits per heavy atom. The number of thiophene rings is 1.